The van der Waals surface area contributed by atoms with Crippen LogP contribution in [-0.2, 0) is 0 Å². The molecule has 56 valence electrons. The number of halogens is 1. The summed E-state index contributed by atoms with van der Waals surface area (Å²) >= 11 is 5.96. The van der Waals surface area contributed by atoms with E-state index in [9.17, 15) is 0 Å². The predicted molar refractivity (Wildman–Crippen MR) is 42.3 cm³/mol. The highest BCUT2D eigenvalue weighted by Gasteiger charge is 2.54. The van der Waals surface area contributed by atoms with E-state index < -0.39 is 0 Å². The Kier molecular flexibility index (Phi) is 1.21. The molecule has 2 aliphatic rings. The van der Waals surface area contributed by atoms with Gasteiger partial charge in [-0.15, -0.1) is 11.6 Å². The van der Waals surface area contributed by atoms with Crippen LogP contribution in [0, 0.1) is 11.8 Å². The fraction of sp³-hybridized carbons (Fsp3) is 0.857. The minimum absolute atomic E-state index is 0.274. The number of amidine groups is 1. The fourth-order valence-electron chi connectivity index (χ4n) is 1.80. The topological polar surface area (TPSA) is 38.4 Å². The third kappa shape index (κ3) is 0.749. The second-order valence-electron chi connectivity index (χ2n) is 3.31. The zero-order chi connectivity index (χ0) is 7.30. The summed E-state index contributed by atoms with van der Waals surface area (Å²) in [6.07, 6.45) is 0.935. The van der Waals surface area contributed by atoms with Crippen molar-refractivity contribution in [2.75, 3.05) is 0 Å². The molecular formula is C7H11ClN2. The van der Waals surface area contributed by atoms with Gasteiger partial charge < -0.3 is 5.73 Å². The van der Waals surface area contributed by atoms with Gasteiger partial charge in [-0.05, 0) is 5.92 Å². The summed E-state index contributed by atoms with van der Waals surface area (Å²) in [5, 5.41) is 0.274. The Morgan fingerprint density at radius 2 is 2.40 bits per heavy atom. The number of hydrogen-bond acceptors (Lipinski definition) is 2. The van der Waals surface area contributed by atoms with Crippen LogP contribution >= 0.6 is 11.6 Å². The molecule has 0 unspecified atom stereocenters. The Bertz CT molecular complexity index is 190. The molecule has 1 fully saturated rings. The van der Waals surface area contributed by atoms with E-state index in [2.05, 4.69) is 11.9 Å². The lowest BCUT2D eigenvalue weighted by Gasteiger charge is -2.13. The fourth-order valence-corrected chi connectivity index (χ4v) is 2.34. The number of alkyl halides is 1. The predicted octanol–water partition coefficient (Wildman–Crippen LogP) is 0.989. The smallest absolute Gasteiger partial charge is 0.0944 e. The molecule has 0 bridgehead atoms. The first-order chi connectivity index (χ1) is 4.70. The monoisotopic (exact) mass is 158 g/mol. The summed E-state index contributed by atoms with van der Waals surface area (Å²) in [7, 11) is 0. The Balaban J connectivity index is 2.18. The molecule has 1 saturated carbocycles. The van der Waals surface area contributed by atoms with E-state index in [-0.39, 0.29) is 5.38 Å². The molecule has 0 radical (unpaired) electrons. The van der Waals surface area contributed by atoms with Crippen molar-refractivity contribution in [2.45, 2.75) is 24.8 Å². The van der Waals surface area contributed by atoms with Crippen molar-refractivity contribution >= 4 is 17.4 Å². The highest BCUT2D eigenvalue weighted by molar-refractivity contribution is 6.23. The molecule has 4 atom stereocenters. The average molecular weight is 159 g/mol. The highest BCUT2D eigenvalue weighted by Crippen LogP contribution is 2.48. The summed E-state index contributed by atoms with van der Waals surface area (Å²) in [6.45, 7) is 2.20. The van der Waals surface area contributed by atoms with Crippen molar-refractivity contribution < 1.29 is 0 Å². The minimum Gasteiger partial charge on any atom is -0.387 e. The number of nitrogens with two attached hydrogens (primary N) is 1. The van der Waals surface area contributed by atoms with Crippen molar-refractivity contribution in [3.05, 3.63) is 0 Å². The largest absolute Gasteiger partial charge is 0.387 e. The summed E-state index contributed by atoms with van der Waals surface area (Å²) in [4.78, 5) is 4.25. The normalized spacial score (nSPS) is 51.6. The van der Waals surface area contributed by atoms with Crippen LogP contribution in [0.1, 0.15) is 13.3 Å². The summed E-state index contributed by atoms with van der Waals surface area (Å²) in [5.41, 5.74) is 5.60. The molecule has 3 heteroatoms. The number of fused-ring (bicyclic) bond motifs is 1. The molecule has 1 heterocycles. The van der Waals surface area contributed by atoms with Gasteiger partial charge in [-0.1, -0.05) is 6.92 Å². The van der Waals surface area contributed by atoms with Crippen LogP contribution in [0.4, 0.5) is 0 Å². The molecule has 0 aromatic rings. The molecule has 1 aliphatic heterocycles. The Morgan fingerprint density at radius 1 is 1.70 bits per heavy atom. The molecule has 10 heavy (non-hydrogen) atoms. The zero-order valence-electron chi connectivity index (χ0n) is 5.92. The van der Waals surface area contributed by atoms with Gasteiger partial charge in [0, 0.05) is 12.3 Å². The SMILES string of the molecule is C[C@H]1CC(N)=N[C@@H]2[C@@H](Cl)[C@@H]21. The number of nitrogens with zero attached hydrogens (tertiary/aromatic N) is 1. The third-order valence-electron chi connectivity index (χ3n) is 2.45. The molecular weight excluding hydrogens is 148 g/mol. The van der Waals surface area contributed by atoms with Crippen LogP contribution in [0.25, 0.3) is 0 Å². The van der Waals surface area contributed by atoms with Gasteiger partial charge in [0.15, 0.2) is 0 Å². The molecule has 0 aromatic carbocycles. The van der Waals surface area contributed by atoms with Gasteiger partial charge in [-0.3, -0.25) is 4.99 Å². The maximum absolute atomic E-state index is 5.96. The van der Waals surface area contributed by atoms with E-state index in [4.69, 9.17) is 17.3 Å². The zero-order valence-corrected chi connectivity index (χ0v) is 6.67. The van der Waals surface area contributed by atoms with Crippen LogP contribution < -0.4 is 5.73 Å². The lowest BCUT2D eigenvalue weighted by Crippen LogP contribution is -2.22. The first kappa shape index (κ1) is 6.47. The van der Waals surface area contributed by atoms with Crippen LogP contribution in [0.5, 0.6) is 0 Å². The molecule has 0 amide bonds. The molecule has 2 N–H and O–H groups in total. The second-order valence-corrected chi connectivity index (χ2v) is 3.82. The third-order valence-corrected chi connectivity index (χ3v) is 3.00. The molecule has 2 nitrogen and oxygen atoms in total. The summed E-state index contributed by atoms with van der Waals surface area (Å²) in [6, 6.07) is 0.352. The van der Waals surface area contributed by atoms with Crippen molar-refractivity contribution in [1.29, 1.82) is 0 Å². The molecule has 0 spiro atoms. The molecule has 0 saturated heterocycles. The first-order valence-corrected chi connectivity index (χ1v) is 4.10. The Labute approximate surface area is 65.5 Å². The standard InChI is InChI=1S/C7H11ClN2/c1-3-2-4(9)10-7-5(3)6(7)8/h3,5-7H,2H2,1H3,(H2,9,10)/t3-,5-,6-,7-/m0/s1. The van der Waals surface area contributed by atoms with E-state index in [0.717, 1.165) is 12.3 Å². The van der Waals surface area contributed by atoms with E-state index in [0.29, 0.717) is 17.9 Å². The molecule has 1 aliphatic carbocycles. The van der Waals surface area contributed by atoms with E-state index in [1.807, 2.05) is 0 Å². The van der Waals surface area contributed by atoms with Gasteiger partial charge in [-0.25, -0.2) is 0 Å². The van der Waals surface area contributed by atoms with E-state index >= 15 is 0 Å². The summed E-state index contributed by atoms with van der Waals surface area (Å²) in [5.74, 6) is 2.05. The van der Waals surface area contributed by atoms with E-state index in [1.165, 1.54) is 0 Å². The second kappa shape index (κ2) is 1.88. The maximum Gasteiger partial charge on any atom is 0.0944 e. The number of aliphatic imine (C=N–C) groups is 1. The van der Waals surface area contributed by atoms with Crippen molar-refractivity contribution in [2.24, 2.45) is 22.6 Å². The van der Waals surface area contributed by atoms with Crippen LogP contribution in [0.2, 0.25) is 0 Å². The van der Waals surface area contributed by atoms with Gasteiger partial charge in [0.1, 0.15) is 0 Å². The van der Waals surface area contributed by atoms with Crippen molar-refractivity contribution in [3.8, 4) is 0 Å². The van der Waals surface area contributed by atoms with Crippen LogP contribution in [-0.4, -0.2) is 17.3 Å². The van der Waals surface area contributed by atoms with Crippen molar-refractivity contribution in [3.63, 3.8) is 0 Å². The quantitative estimate of drug-likeness (QED) is 0.525. The minimum atomic E-state index is 0.274. The Hall–Kier alpha value is -0.240. The first-order valence-electron chi connectivity index (χ1n) is 3.66. The molecule has 2 rings (SSSR count). The van der Waals surface area contributed by atoms with Gasteiger partial charge in [-0.2, -0.15) is 0 Å². The van der Waals surface area contributed by atoms with Gasteiger partial charge >= 0.3 is 0 Å². The van der Waals surface area contributed by atoms with E-state index in [1.54, 1.807) is 0 Å². The van der Waals surface area contributed by atoms with Gasteiger partial charge in [0.25, 0.3) is 0 Å². The lowest BCUT2D eigenvalue weighted by atomic mass is 9.99. The van der Waals surface area contributed by atoms with Crippen LogP contribution in [0.15, 0.2) is 4.99 Å². The van der Waals surface area contributed by atoms with Gasteiger partial charge in [0.05, 0.1) is 17.3 Å². The molecule has 0 aromatic heterocycles. The maximum atomic E-state index is 5.96. The Morgan fingerprint density at radius 3 is 3.00 bits per heavy atom. The average Bonchev–Trinajstić information content (AvgIpc) is 2.42. The van der Waals surface area contributed by atoms with Gasteiger partial charge in [0.2, 0.25) is 0 Å². The number of rotatable bonds is 0. The lowest BCUT2D eigenvalue weighted by molar-refractivity contribution is 0.499. The summed E-state index contributed by atoms with van der Waals surface area (Å²) < 4.78 is 0. The van der Waals surface area contributed by atoms with Crippen LogP contribution in [0.3, 0.4) is 0 Å². The highest BCUT2D eigenvalue weighted by atomic mass is 35.5. The number of hydrogen-bond donors (Lipinski definition) is 1. The van der Waals surface area contributed by atoms with Crippen molar-refractivity contribution in [1.82, 2.24) is 0 Å².